The molecule has 0 unspecified atom stereocenters. The zero-order valence-electron chi connectivity index (χ0n) is 10.7. The zero-order chi connectivity index (χ0) is 12.4. The summed E-state index contributed by atoms with van der Waals surface area (Å²) in [6.07, 6.45) is 0. The molecular weight excluding hydrogens is 206 g/mol. The van der Waals surface area contributed by atoms with Crippen molar-refractivity contribution in [2.24, 2.45) is 5.73 Å². The molecule has 0 radical (unpaired) electrons. The summed E-state index contributed by atoms with van der Waals surface area (Å²) < 4.78 is 0. The van der Waals surface area contributed by atoms with Crippen LogP contribution in [-0.4, -0.2) is 0 Å². The second-order valence-electron chi connectivity index (χ2n) is 4.65. The van der Waals surface area contributed by atoms with Crippen LogP contribution in [0.15, 0.2) is 36.4 Å². The van der Waals surface area contributed by atoms with Crippen LogP contribution in [0.2, 0.25) is 0 Å². The van der Waals surface area contributed by atoms with E-state index in [0.29, 0.717) is 6.54 Å². The molecule has 0 saturated heterocycles. The molecule has 0 heterocycles. The lowest BCUT2D eigenvalue weighted by Crippen LogP contribution is -1.95. The van der Waals surface area contributed by atoms with Gasteiger partial charge in [-0.3, -0.25) is 0 Å². The van der Waals surface area contributed by atoms with Crippen molar-refractivity contribution in [3.63, 3.8) is 0 Å². The van der Waals surface area contributed by atoms with Crippen molar-refractivity contribution in [1.82, 2.24) is 0 Å². The molecule has 0 aromatic heterocycles. The van der Waals surface area contributed by atoms with Crippen molar-refractivity contribution < 1.29 is 0 Å². The lowest BCUT2D eigenvalue weighted by atomic mass is 9.95. The molecule has 0 fully saturated rings. The fourth-order valence-corrected chi connectivity index (χ4v) is 2.09. The van der Waals surface area contributed by atoms with Crippen LogP contribution in [-0.2, 0) is 6.54 Å². The lowest BCUT2D eigenvalue weighted by molar-refractivity contribution is 1.07. The van der Waals surface area contributed by atoms with Gasteiger partial charge in [-0.1, -0.05) is 36.4 Å². The smallest absolute Gasteiger partial charge is 0.0178 e. The Labute approximate surface area is 103 Å². The van der Waals surface area contributed by atoms with Gasteiger partial charge in [-0.2, -0.15) is 0 Å². The SMILES string of the molecule is Cc1cc(C)c(-c2ccc(CN)cc2)cc1C. The van der Waals surface area contributed by atoms with E-state index >= 15 is 0 Å². The van der Waals surface area contributed by atoms with Crippen molar-refractivity contribution in [3.8, 4) is 11.1 Å². The average Bonchev–Trinajstić information content (AvgIpc) is 2.34. The molecular formula is C16H19N. The van der Waals surface area contributed by atoms with Gasteiger partial charge in [0.15, 0.2) is 0 Å². The Bertz CT molecular complexity index is 524. The fraction of sp³-hybridized carbons (Fsp3) is 0.250. The molecule has 0 aliphatic rings. The van der Waals surface area contributed by atoms with Crippen LogP contribution >= 0.6 is 0 Å². The summed E-state index contributed by atoms with van der Waals surface area (Å²) in [6, 6.07) is 13.0. The van der Waals surface area contributed by atoms with Crippen molar-refractivity contribution >= 4 is 0 Å². The van der Waals surface area contributed by atoms with Gasteiger partial charge in [-0.15, -0.1) is 0 Å². The van der Waals surface area contributed by atoms with E-state index in [2.05, 4.69) is 57.2 Å². The second-order valence-corrected chi connectivity index (χ2v) is 4.65. The molecule has 88 valence electrons. The van der Waals surface area contributed by atoms with Gasteiger partial charge in [-0.25, -0.2) is 0 Å². The molecule has 1 heteroatoms. The maximum Gasteiger partial charge on any atom is 0.0178 e. The van der Waals surface area contributed by atoms with E-state index in [1.807, 2.05) is 0 Å². The Morgan fingerprint density at radius 2 is 1.41 bits per heavy atom. The molecule has 17 heavy (non-hydrogen) atoms. The lowest BCUT2D eigenvalue weighted by Gasteiger charge is -2.10. The highest BCUT2D eigenvalue weighted by molar-refractivity contribution is 5.68. The third-order valence-electron chi connectivity index (χ3n) is 3.34. The van der Waals surface area contributed by atoms with Gasteiger partial charge < -0.3 is 5.73 Å². The first-order chi connectivity index (χ1) is 8.11. The van der Waals surface area contributed by atoms with Gasteiger partial charge in [0.1, 0.15) is 0 Å². The molecule has 1 nitrogen and oxygen atoms in total. The Morgan fingerprint density at radius 3 is 2.00 bits per heavy atom. The van der Waals surface area contributed by atoms with Crippen LogP contribution in [0.4, 0.5) is 0 Å². The zero-order valence-corrected chi connectivity index (χ0v) is 10.7. The van der Waals surface area contributed by atoms with Crippen LogP contribution in [0.5, 0.6) is 0 Å². The minimum absolute atomic E-state index is 0.603. The Hall–Kier alpha value is -1.60. The van der Waals surface area contributed by atoms with Crippen molar-refractivity contribution in [1.29, 1.82) is 0 Å². The number of nitrogens with two attached hydrogens (primary N) is 1. The first-order valence-electron chi connectivity index (χ1n) is 5.99. The standard InChI is InChI=1S/C16H19N/c1-11-8-13(3)16(9-12(11)2)15-6-4-14(10-17)5-7-15/h4-9H,10,17H2,1-3H3. The third kappa shape index (κ3) is 2.40. The molecule has 0 aliphatic heterocycles. The first kappa shape index (κ1) is 11.9. The molecule has 2 aromatic rings. The number of rotatable bonds is 2. The summed E-state index contributed by atoms with van der Waals surface area (Å²) in [5.74, 6) is 0. The summed E-state index contributed by atoms with van der Waals surface area (Å²) in [5.41, 5.74) is 13.4. The van der Waals surface area contributed by atoms with E-state index in [1.165, 1.54) is 33.4 Å². The molecule has 2 rings (SSSR count). The molecule has 2 N–H and O–H groups in total. The van der Waals surface area contributed by atoms with E-state index in [1.54, 1.807) is 0 Å². The Morgan fingerprint density at radius 1 is 0.824 bits per heavy atom. The van der Waals surface area contributed by atoms with Gasteiger partial charge in [0.2, 0.25) is 0 Å². The van der Waals surface area contributed by atoms with Crippen LogP contribution < -0.4 is 5.73 Å². The minimum atomic E-state index is 0.603. The minimum Gasteiger partial charge on any atom is -0.326 e. The summed E-state index contributed by atoms with van der Waals surface area (Å²) in [5, 5.41) is 0. The predicted octanol–water partition coefficient (Wildman–Crippen LogP) is 3.74. The topological polar surface area (TPSA) is 26.0 Å². The monoisotopic (exact) mass is 225 g/mol. The van der Waals surface area contributed by atoms with E-state index in [-0.39, 0.29) is 0 Å². The molecule has 0 spiro atoms. The van der Waals surface area contributed by atoms with Gasteiger partial charge in [0, 0.05) is 6.54 Å². The summed E-state index contributed by atoms with van der Waals surface area (Å²) >= 11 is 0. The largest absolute Gasteiger partial charge is 0.326 e. The highest BCUT2D eigenvalue weighted by atomic mass is 14.5. The Balaban J connectivity index is 2.48. The van der Waals surface area contributed by atoms with Crippen LogP contribution in [0.25, 0.3) is 11.1 Å². The van der Waals surface area contributed by atoms with Crippen LogP contribution in [0, 0.1) is 20.8 Å². The average molecular weight is 225 g/mol. The van der Waals surface area contributed by atoms with Crippen molar-refractivity contribution in [2.45, 2.75) is 27.3 Å². The maximum absolute atomic E-state index is 5.61. The first-order valence-corrected chi connectivity index (χ1v) is 5.99. The molecule has 0 atom stereocenters. The normalized spacial score (nSPS) is 10.6. The van der Waals surface area contributed by atoms with Gasteiger partial charge in [0.05, 0.1) is 0 Å². The molecule has 2 aromatic carbocycles. The molecule has 0 aliphatic carbocycles. The molecule has 0 amide bonds. The fourth-order valence-electron chi connectivity index (χ4n) is 2.09. The highest BCUT2D eigenvalue weighted by Gasteiger charge is 2.04. The van der Waals surface area contributed by atoms with Gasteiger partial charge in [-0.05, 0) is 54.2 Å². The van der Waals surface area contributed by atoms with Crippen molar-refractivity contribution in [3.05, 3.63) is 58.7 Å². The van der Waals surface area contributed by atoms with E-state index < -0.39 is 0 Å². The quantitative estimate of drug-likeness (QED) is 0.828. The van der Waals surface area contributed by atoms with Crippen LogP contribution in [0.1, 0.15) is 22.3 Å². The highest BCUT2D eigenvalue weighted by Crippen LogP contribution is 2.26. The van der Waals surface area contributed by atoms with Gasteiger partial charge >= 0.3 is 0 Å². The van der Waals surface area contributed by atoms with Gasteiger partial charge in [0.25, 0.3) is 0 Å². The summed E-state index contributed by atoms with van der Waals surface area (Å²) in [7, 11) is 0. The number of hydrogen-bond acceptors (Lipinski definition) is 1. The van der Waals surface area contributed by atoms with E-state index in [0.717, 1.165) is 0 Å². The number of benzene rings is 2. The molecule has 0 bridgehead atoms. The number of aryl methyl sites for hydroxylation is 3. The van der Waals surface area contributed by atoms with Crippen LogP contribution in [0.3, 0.4) is 0 Å². The number of hydrogen-bond donors (Lipinski definition) is 1. The second kappa shape index (κ2) is 4.72. The summed E-state index contributed by atoms with van der Waals surface area (Å²) in [4.78, 5) is 0. The molecule has 0 saturated carbocycles. The summed E-state index contributed by atoms with van der Waals surface area (Å²) in [6.45, 7) is 7.08. The maximum atomic E-state index is 5.61. The van der Waals surface area contributed by atoms with E-state index in [9.17, 15) is 0 Å². The van der Waals surface area contributed by atoms with Crippen molar-refractivity contribution in [2.75, 3.05) is 0 Å². The third-order valence-corrected chi connectivity index (χ3v) is 3.34. The Kier molecular flexibility index (Phi) is 3.30. The van der Waals surface area contributed by atoms with E-state index in [4.69, 9.17) is 5.73 Å². The predicted molar refractivity (Wildman–Crippen MR) is 74.0 cm³/mol.